The van der Waals surface area contributed by atoms with E-state index in [1.165, 1.54) is 17.0 Å². The number of benzene rings is 4. The Labute approximate surface area is 278 Å². The minimum Gasteiger partial charge on any atom is -0.354 e. The van der Waals surface area contributed by atoms with Crippen LogP contribution in [0.3, 0.4) is 0 Å². The number of hydrogen-bond donors (Lipinski definition) is 1. The largest absolute Gasteiger partial charge is 0.354 e. The van der Waals surface area contributed by atoms with Gasteiger partial charge in [0.15, 0.2) is 0 Å². The van der Waals surface area contributed by atoms with Crippen LogP contribution in [0.15, 0.2) is 114 Å². The SMILES string of the molecule is CC(C)CNC(=O)[C@@H](Cc1ccccc1)N(Cc1ccc(Cl)cc1)C(=O)CN(c1ccc(I)cc1)S(=O)(=O)c1ccccc1. The number of hydrogen-bond acceptors (Lipinski definition) is 4. The maximum atomic E-state index is 14.4. The van der Waals surface area contributed by atoms with Crippen molar-refractivity contribution in [2.45, 2.75) is 37.8 Å². The van der Waals surface area contributed by atoms with Crippen molar-refractivity contribution in [3.8, 4) is 0 Å². The number of amides is 2. The molecule has 0 aliphatic heterocycles. The zero-order valence-corrected chi connectivity index (χ0v) is 28.3. The summed E-state index contributed by atoms with van der Waals surface area (Å²) in [5, 5.41) is 3.54. The summed E-state index contributed by atoms with van der Waals surface area (Å²) >= 11 is 8.28. The molecule has 1 atom stereocenters. The molecule has 4 aromatic carbocycles. The van der Waals surface area contributed by atoms with Gasteiger partial charge in [0, 0.05) is 28.1 Å². The van der Waals surface area contributed by atoms with Crippen LogP contribution in [0.25, 0.3) is 0 Å². The maximum Gasteiger partial charge on any atom is 0.264 e. The van der Waals surface area contributed by atoms with Crippen molar-refractivity contribution < 1.29 is 18.0 Å². The van der Waals surface area contributed by atoms with Gasteiger partial charge in [0.25, 0.3) is 10.0 Å². The van der Waals surface area contributed by atoms with Gasteiger partial charge >= 0.3 is 0 Å². The van der Waals surface area contributed by atoms with Crippen molar-refractivity contribution in [1.82, 2.24) is 10.2 Å². The molecule has 0 fully saturated rings. The first-order valence-electron chi connectivity index (χ1n) is 14.2. The van der Waals surface area contributed by atoms with Gasteiger partial charge in [0.1, 0.15) is 12.6 Å². The number of carbonyl (C=O) groups excluding carboxylic acids is 2. The summed E-state index contributed by atoms with van der Waals surface area (Å²) in [5.41, 5.74) is 1.97. The van der Waals surface area contributed by atoms with E-state index in [-0.39, 0.29) is 29.7 Å². The molecule has 4 aromatic rings. The molecule has 0 saturated carbocycles. The lowest BCUT2D eigenvalue weighted by molar-refractivity contribution is -0.140. The second-order valence-corrected chi connectivity index (χ2v) is 14.3. The molecule has 0 aromatic heterocycles. The van der Waals surface area contributed by atoms with Crippen molar-refractivity contribution in [3.05, 3.63) is 129 Å². The average molecular weight is 744 g/mol. The predicted molar refractivity (Wildman–Crippen MR) is 184 cm³/mol. The zero-order valence-electron chi connectivity index (χ0n) is 24.6. The molecule has 7 nitrogen and oxygen atoms in total. The molecule has 0 radical (unpaired) electrons. The van der Waals surface area contributed by atoms with E-state index < -0.39 is 28.5 Å². The smallest absolute Gasteiger partial charge is 0.264 e. The van der Waals surface area contributed by atoms with Gasteiger partial charge in [-0.2, -0.15) is 0 Å². The van der Waals surface area contributed by atoms with Crippen molar-refractivity contribution in [2.24, 2.45) is 5.92 Å². The predicted octanol–water partition coefficient (Wildman–Crippen LogP) is 6.55. The molecule has 0 saturated heterocycles. The van der Waals surface area contributed by atoms with Crippen LogP contribution < -0.4 is 9.62 Å². The molecular formula is C34H35ClIN3O4S. The highest BCUT2D eigenvalue weighted by molar-refractivity contribution is 14.1. The number of carbonyl (C=O) groups is 2. The highest BCUT2D eigenvalue weighted by Gasteiger charge is 2.34. The lowest BCUT2D eigenvalue weighted by Crippen LogP contribution is -2.53. The molecule has 4 rings (SSSR count). The molecular weight excluding hydrogens is 709 g/mol. The third-order valence-corrected chi connectivity index (χ3v) is 9.71. The van der Waals surface area contributed by atoms with Gasteiger partial charge in [0.2, 0.25) is 11.8 Å². The van der Waals surface area contributed by atoms with Gasteiger partial charge in [-0.3, -0.25) is 13.9 Å². The Morgan fingerprint density at radius 1 is 0.818 bits per heavy atom. The molecule has 0 aliphatic carbocycles. The zero-order chi connectivity index (χ0) is 31.7. The number of nitrogens with zero attached hydrogens (tertiary/aromatic N) is 2. The van der Waals surface area contributed by atoms with E-state index >= 15 is 0 Å². The number of anilines is 1. The van der Waals surface area contributed by atoms with E-state index in [2.05, 4.69) is 27.9 Å². The Morgan fingerprint density at radius 2 is 1.41 bits per heavy atom. The Bertz CT molecular complexity index is 1640. The standard InChI is InChI=1S/C34H35ClIN3O4S/c1-25(2)22-37-34(41)32(21-26-9-5-3-6-10-26)38(23-27-13-15-28(35)16-14-27)33(40)24-39(30-19-17-29(36)18-20-30)44(42,43)31-11-7-4-8-12-31/h3-20,25,32H,21-24H2,1-2H3,(H,37,41)/t32-/m1/s1. The fourth-order valence-electron chi connectivity index (χ4n) is 4.62. The van der Waals surface area contributed by atoms with Crippen molar-refractivity contribution in [2.75, 3.05) is 17.4 Å². The first-order valence-corrected chi connectivity index (χ1v) is 17.1. The van der Waals surface area contributed by atoms with Crippen LogP contribution in [0.4, 0.5) is 5.69 Å². The molecule has 1 N–H and O–H groups in total. The van der Waals surface area contributed by atoms with Crippen LogP contribution in [0.1, 0.15) is 25.0 Å². The Hall–Kier alpha value is -3.41. The van der Waals surface area contributed by atoms with Gasteiger partial charge in [-0.05, 0) is 88.2 Å². The highest BCUT2D eigenvalue weighted by Crippen LogP contribution is 2.26. The van der Waals surface area contributed by atoms with Crippen molar-refractivity contribution in [3.63, 3.8) is 0 Å². The van der Waals surface area contributed by atoms with Gasteiger partial charge in [0.05, 0.1) is 10.6 Å². The summed E-state index contributed by atoms with van der Waals surface area (Å²) in [7, 11) is -4.13. The van der Waals surface area contributed by atoms with Crippen LogP contribution in [0.2, 0.25) is 5.02 Å². The van der Waals surface area contributed by atoms with Crippen LogP contribution in [-0.4, -0.2) is 44.3 Å². The highest BCUT2D eigenvalue weighted by atomic mass is 127. The Kier molecular flexibility index (Phi) is 11.8. The fourth-order valence-corrected chi connectivity index (χ4v) is 6.54. The minimum atomic E-state index is -4.13. The molecule has 0 aliphatic rings. The first-order chi connectivity index (χ1) is 21.0. The molecule has 0 spiro atoms. The summed E-state index contributed by atoms with van der Waals surface area (Å²) in [5.74, 6) is -0.626. The third-order valence-electron chi connectivity index (χ3n) is 6.95. The summed E-state index contributed by atoms with van der Waals surface area (Å²) in [6.45, 7) is 4.00. The second-order valence-electron chi connectivity index (χ2n) is 10.8. The lowest BCUT2D eigenvalue weighted by atomic mass is 10.0. The molecule has 0 heterocycles. The number of halogens is 2. The molecule has 0 unspecified atom stereocenters. The number of nitrogens with one attached hydrogen (secondary N) is 1. The normalized spacial score (nSPS) is 12.0. The van der Waals surface area contributed by atoms with Gasteiger partial charge in [-0.25, -0.2) is 8.42 Å². The monoisotopic (exact) mass is 743 g/mol. The lowest BCUT2D eigenvalue weighted by Gasteiger charge is -2.34. The number of sulfonamides is 1. The van der Waals surface area contributed by atoms with E-state index in [0.717, 1.165) is 19.0 Å². The van der Waals surface area contributed by atoms with E-state index in [1.807, 2.05) is 44.2 Å². The quantitative estimate of drug-likeness (QED) is 0.158. The van der Waals surface area contributed by atoms with Crippen LogP contribution >= 0.6 is 34.2 Å². The summed E-state index contributed by atoms with van der Waals surface area (Å²) in [6, 6.07) is 30.6. The summed E-state index contributed by atoms with van der Waals surface area (Å²) in [4.78, 5) is 29.8. The van der Waals surface area contributed by atoms with Gasteiger partial charge < -0.3 is 10.2 Å². The second kappa shape index (κ2) is 15.5. The first kappa shape index (κ1) is 33.5. The van der Waals surface area contributed by atoms with Crippen LogP contribution in [0, 0.1) is 9.49 Å². The van der Waals surface area contributed by atoms with Crippen molar-refractivity contribution >= 4 is 61.7 Å². The maximum absolute atomic E-state index is 14.4. The van der Waals surface area contributed by atoms with Crippen LogP contribution in [-0.2, 0) is 32.6 Å². The molecule has 2 amide bonds. The van der Waals surface area contributed by atoms with E-state index in [0.29, 0.717) is 17.3 Å². The minimum absolute atomic E-state index is 0.0612. The Balaban J connectivity index is 1.78. The molecule has 10 heteroatoms. The van der Waals surface area contributed by atoms with E-state index in [9.17, 15) is 18.0 Å². The number of rotatable bonds is 13. The molecule has 0 bridgehead atoms. The van der Waals surface area contributed by atoms with E-state index in [4.69, 9.17) is 11.6 Å². The van der Waals surface area contributed by atoms with Gasteiger partial charge in [-0.15, -0.1) is 0 Å². The van der Waals surface area contributed by atoms with Gasteiger partial charge in [-0.1, -0.05) is 86.1 Å². The molecule has 230 valence electrons. The van der Waals surface area contributed by atoms with Crippen LogP contribution in [0.5, 0.6) is 0 Å². The topological polar surface area (TPSA) is 86.8 Å². The van der Waals surface area contributed by atoms with E-state index in [1.54, 1.807) is 66.7 Å². The van der Waals surface area contributed by atoms with Crippen molar-refractivity contribution in [1.29, 1.82) is 0 Å². The third kappa shape index (κ3) is 9.06. The molecule has 44 heavy (non-hydrogen) atoms. The summed E-state index contributed by atoms with van der Waals surface area (Å²) < 4.78 is 30.0. The Morgan fingerprint density at radius 3 is 2.00 bits per heavy atom. The summed E-state index contributed by atoms with van der Waals surface area (Å²) in [6.07, 6.45) is 0.249. The fraction of sp³-hybridized carbons (Fsp3) is 0.235. The average Bonchev–Trinajstić information content (AvgIpc) is 3.02.